The van der Waals surface area contributed by atoms with E-state index >= 15 is 0 Å². The van der Waals surface area contributed by atoms with Gasteiger partial charge in [0, 0.05) is 0 Å². The van der Waals surface area contributed by atoms with Crippen LogP contribution in [0.25, 0.3) is 0 Å². The van der Waals surface area contributed by atoms with E-state index in [2.05, 4.69) is 5.43 Å². The fourth-order valence-corrected chi connectivity index (χ4v) is 0.584. The molecule has 1 atom stereocenters. The van der Waals surface area contributed by atoms with Crippen molar-refractivity contribution in [2.45, 2.75) is 6.23 Å². The highest BCUT2D eigenvalue weighted by Crippen LogP contribution is 1.93. The summed E-state index contributed by atoms with van der Waals surface area (Å²) in [5, 5.41) is 0. The first-order chi connectivity index (χ1) is 3.93. The molecule has 4 nitrogen and oxygen atoms in total. The van der Waals surface area contributed by atoms with Gasteiger partial charge in [-0.2, -0.15) is 0 Å². The summed E-state index contributed by atoms with van der Waals surface area (Å²) in [6, 6.07) is 0. The van der Waals surface area contributed by atoms with Crippen LogP contribution in [-0.2, 0) is 9.47 Å². The van der Waals surface area contributed by atoms with Gasteiger partial charge in [0.1, 0.15) is 6.23 Å². The van der Waals surface area contributed by atoms with Gasteiger partial charge in [0.05, 0.1) is 19.8 Å². The minimum atomic E-state index is -0.108. The average Bonchev–Trinajstić information content (AvgIpc) is 1.90. The van der Waals surface area contributed by atoms with Gasteiger partial charge in [0.25, 0.3) is 0 Å². The van der Waals surface area contributed by atoms with E-state index < -0.39 is 0 Å². The molecule has 0 bridgehead atoms. The van der Waals surface area contributed by atoms with E-state index in [0.717, 1.165) is 0 Å². The van der Waals surface area contributed by atoms with Crippen LogP contribution in [0.3, 0.4) is 0 Å². The largest absolute Gasteiger partial charge is 0.375 e. The lowest BCUT2D eigenvalue weighted by molar-refractivity contribution is -0.101. The summed E-state index contributed by atoms with van der Waals surface area (Å²) in [5.41, 5.74) is 2.46. The molecule has 3 N–H and O–H groups in total. The van der Waals surface area contributed by atoms with Crippen molar-refractivity contribution < 1.29 is 9.47 Å². The molecule has 1 aliphatic rings. The van der Waals surface area contributed by atoms with Crippen LogP contribution in [-0.4, -0.2) is 26.0 Å². The molecular formula is C4H10N2O2. The Labute approximate surface area is 47.9 Å². The Balaban J connectivity index is 2.13. The van der Waals surface area contributed by atoms with E-state index in [1.807, 2.05) is 0 Å². The molecule has 0 aromatic heterocycles. The van der Waals surface area contributed by atoms with Gasteiger partial charge in [-0.1, -0.05) is 0 Å². The maximum Gasteiger partial charge on any atom is 0.143 e. The number of hydrogen-bond acceptors (Lipinski definition) is 4. The second kappa shape index (κ2) is 2.99. The molecule has 4 heteroatoms. The zero-order chi connectivity index (χ0) is 5.82. The van der Waals surface area contributed by atoms with Crippen molar-refractivity contribution in [3.05, 3.63) is 0 Å². The molecule has 0 saturated carbocycles. The van der Waals surface area contributed by atoms with E-state index in [4.69, 9.17) is 15.3 Å². The molecule has 1 rings (SSSR count). The third-order valence-corrected chi connectivity index (χ3v) is 1.00. The molecule has 8 heavy (non-hydrogen) atoms. The van der Waals surface area contributed by atoms with Crippen molar-refractivity contribution in [2.75, 3.05) is 19.8 Å². The Hall–Kier alpha value is -0.160. The molecule has 0 spiro atoms. The monoisotopic (exact) mass is 118 g/mol. The minimum Gasteiger partial charge on any atom is -0.375 e. The minimum absolute atomic E-state index is 0.108. The Morgan fingerprint density at radius 3 is 2.75 bits per heavy atom. The predicted octanol–water partition coefficient (Wildman–Crippen LogP) is -1.18. The normalized spacial score (nSPS) is 30.4. The zero-order valence-electron chi connectivity index (χ0n) is 4.59. The third-order valence-electron chi connectivity index (χ3n) is 1.00. The van der Waals surface area contributed by atoms with Gasteiger partial charge in [-0.3, -0.25) is 5.84 Å². The van der Waals surface area contributed by atoms with Gasteiger partial charge in [0.15, 0.2) is 0 Å². The maximum atomic E-state index is 5.07. The molecule has 48 valence electrons. The topological polar surface area (TPSA) is 56.5 Å². The van der Waals surface area contributed by atoms with Crippen LogP contribution in [0.1, 0.15) is 0 Å². The summed E-state index contributed by atoms with van der Waals surface area (Å²) in [6.45, 7) is 1.86. The molecular weight excluding hydrogens is 108 g/mol. The molecule has 0 aromatic rings. The highest BCUT2D eigenvalue weighted by Gasteiger charge is 2.10. The first-order valence-corrected chi connectivity index (χ1v) is 2.59. The highest BCUT2D eigenvalue weighted by atomic mass is 16.6. The molecule has 1 saturated heterocycles. The predicted molar refractivity (Wildman–Crippen MR) is 27.9 cm³/mol. The Bertz CT molecular complexity index is 63.1. The summed E-state index contributed by atoms with van der Waals surface area (Å²) >= 11 is 0. The third kappa shape index (κ3) is 1.41. The molecule has 0 aromatic carbocycles. The molecule has 1 unspecified atom stereocenters. The number of hydrazine groups is 1. The average molecular weight is 118 g/mol. The van der Waals surface area contributed by atoms with E-state index in [9.17, 15) is 0 Å². The van der Waals surface area contributed by atoms with Gasteiger partial charge in [0.2, 0.25) is 0 Å². The summed E-state index contributed by atoms with van der Waals surface area (Å²) in [7, 11) is 0. The Morgan fingerprint density at radius 2 is 2.38 bits per heavy atom. The molecule has 1 aliphatic heterocycles. The maximum absolute atomic E-state index is 5.07. The molecule has 0 radical (unpaired) electrons. The van der Waals surface area contributed by atoms with Gasteiger partial charge < -0.3 is 9.47 Å². The van der Waals surface area contributed by atoms with Crippen molar-refractivity contribution in [3.8, 4) is 0 Å². The molecule has 0 amide bonds. The number of rotatable bonds is 1. The van der Waals surface area contributed by atoms with Gasteiger partial charge in [-0.15, -0.1) is 0 Å². The van der Waals surface area contributed by atoms with Crippen LogP contribution in [0.4, 0.5) is 0 Å². The van der Waals surface area contributed by atoms with Crippen molar-refractivity contribution in [3.63, 3.8) is 0 Å². The summed E-state index contributed by atoms with van der Waals surface area (Å²) in [4.78, 5) is 0. The lowest BCUT2D eigenvalue weighted by Crippen LogP contribution is -2.44. The molecule has 0 aliphatic carbocycles. The second-order valence-corrected chi connectivity index (χ2v) is 1.60. The molecule has 1 fully saturated rings. The molecule has 1 heterocycles. The first kappa shape index (κ1) is 5.97. The van der Waals surface area contributed by atoms with Crippen LogP contribution in [0.2, 0.25) is 0 Å². The van der Waals surface area contributed by atoms with Gasteiger partial charge >= 0.3 is 0 Å². The van der Waals surface area contributed by atoms with Crippen molar-refractivity contribution in [1.29, 1.82) is 0 Å². The van der Waals surface area contributed by atoms with E-state index in [1.165, 1.54) is 0 Å². The van der Waals surface area contributed by atoms with Crippen molar-refractivity contribution in [2.24, 2.45) is 5.84 Å². The first-order valence-electron chi connectivity index (χ1n) is 2.59. The fraction of sp³-hybridized carbons (Fsp3) is 1.00. The SMILES string of the molecule is NNC1COCCO1. The van der Waals surface area contributed by atoms with E-state index in [0.29, 0.717) is 19.8 Å². The van der Waals surface area contributed by atoms with Crippen LogP contribution < -0.4 is 11.3 Å². The number of ether oxygens (including phenoxy) is 2. The summed E-state index contributed by atoms with van der Waals surface area (Å²) < 4.78 is 10.1. The van der Waals surface area contributed by atoms with Crippen LogP contribution in [0.5, 0.6) is 0 Å². The van der Waals surface area contributed by atoms with Crippen LogP contribution in [0.15, 0.2) is 0 Å². The summed E-state index contributed by atoms with van der Waals surface area (Å²) in [5.74, 6) is 5.05. The Morgan fingerprint density at radius 1 is 1.50 bits per heavy atom. The zero-order valence-corrected chi connectivity index (χ0v) is 4.59. The number of nitrogens with one attached hydrogen (secondary N) is 1. The van der Waals surface area contributed by atoms with Crippen LogP contribution >= 0.6 is 0 Å². The highest BCUT2D eigenvalue weighted by molar-refractivity contribution is 4.51. The quantitative estimate of drug-likeness (QED) is 0.336. The lowest BCUT2D eigenvalue weighted by atomic mass is 10.5. The van der Waals surface area contributed by atoms with Gasteiger partial charge in [-0.05, 0) is 0 Å². The number of hydrogen-bond donors (Lipinski definition) is 2. The van der Waals surface area contributed by atoms with Crippen molar-refractivity contribution in [1.82, 2.24) is 5.43 Å². The smallest absolute Gasteiger partial charge is 0.143 e. The number of nitrogens with two attached hydrogens (primary N) is 1. The lowest BCUT2D eigenvalue weighted by Gasteiger charge is -2.21. The second-order valence-electron chi connectivity index (χ2n) is 1.60. The van der Waals surface area contributed by atoms with Crippen molar-refractivity contribution >= 4 is 0 Å². The van der Waals surface area contributed by atoms with E-state index in [-0.39, 0.29) is 6.23 Å². The van der Waals surface area contributed by atoms with E-state index in [1.54, 1.807) is 0 Å². The van der Waals surface area contributed by atoms with Crippen LogP contribution in [0, 0.1) is 0 Å². The summed E-state index contributed by atoms with van der Waals surface area (Å²) in [6.07, 6.45) is -0.108. The Kier molecular flexibility index (Phi) is 2.23. The standard InChI is InChI=1S/C4H10N2O2/c5-6-4-3-7-1-2-8-4/h4,6H,1-3,5H2. The van der Waals surface area contributed by atoms with Gasteiger partial charge in [-0.25, -0.2) is 5.43 Å². The fourth-order valence-electron chi connectivity index (χ4n) is 0.584.